The fourth-order valence-electron chi connectivity index (χ4n) is 0.257. The second-order valence-electron chi connectivity index (χ2n) is 2.19. The monoisotopic (exact) mass is 198 g/mol. The molecule has 4 heteroatoms. The molecule has 0 aromatic carbocycles. The predicted octanol–water partition coefficient (Wildman–Crippen LogP) is 1.90. The maximum atomic E-state index is 10.3. The van der Waals surface area contributed by atoms with Gasteiger partial charge in [0.25, 0.3) is 0 Å². The van der Waals surface area contributed by atoms with Crippen molar-refractivity contribution in [3.05, 3.63) is 37.1 Å². The highest BCUT2D eigenvalue weighted by Crippen LogP contribution is 1.81. The van der Waals surface area contributed by atoms with Crippen molar-refractivity contribution in [1.29, 1.82) is 0 Å². The molecular weight excluding hydrogens is 184 g/mol. The third kappa shape index (κ3) is 12.8. The summed E-state index contributed by atoms with van der Waals surface area (Å²) >= 11 is 0. The van der Waals surface area contributed by atoms with Gasteiger partial charge in [0.1, 0.15) is 0 Å². The molecule has 0 amide bonds. The minimum atomic E-state index is -0.935. The Morgan fingerprint density at radius 2 is 1.86 bits per heavy atom. The number of ether oxygens (including phenoxy) is 1. The lowest BCUT2D eigenvalue weighted by Crippen LogP contribution is -1.92. The molecule has 4 nitrogen and oxygen atoms in total. The Hall–Kier alpha value is -1.84. The van der Waals surface area contributed by atoms with Crippen LogP contribution in [0.25, 0.3) is 0 Å². The molecule has 0 saturated carbocycles. The van der Waals surface area contributed by atoms with Crippen LogP contribution in [0.5, 0.6) is 0 Å². The van der Waals surface area contributed by atoms with Crippen molar-refractivity contribution >= 4 is 11.9 Å². The van der Waals surface area contributed by atoms with Crippen LogP contribution in [0.3, 0.4) is 0 Å². The third-order valence-corrected chi connectivity index (χ3v) is 0.867. The molecule has 0 aromatic rings. The normalized spacial score (nSPS) is 8.43. The van der Waals surface area contributed by atoms with E-state index in [1.54, 1.807) is 13.0 Å². The largest absolute Gasteiger partial charge is 0.478 e. The van der Waals surface area contributed by atoms with Gasteiger partial charge in [-0.3, -0.25) is 0 Å². The molecule has 0 aliphatic carbocycles. The number of carboxylic acid groups (broad SMARTS) is 1. The van der Waals surface area contributed by atoms with Crippen molar-refractivity contribution in [2.24, 2.45) is 0 Å². The van der Waals surface area contributed by atoms with E-state index >= 15 is 0 Å². The van der Waals surface area contributed by atoms with Crippen LogP contribution in [0.2, 0.25) is 0 Å². The molecule has 0 bridgehead atoms. The molecule has 78 valence electrons. The van der Waals surface area contributed by atoms with Crippen LogP contribution in [0.1, 0.15) is 13.8 Å². The van der Waals surface area contributed by atoms with Gasteiger partial charge in [0.2, 0.25) is 0 Å². The molecule has 14 heavy (non-hydrogen) atoms. The van der Waals surface area contributed by atoms with Gasteiger partial charge < -0.3 is 9.84 Å². The average Bonchev–Trinajstić information content (AvgIpc) is 2.06. The SMILES string of the molecule is C=C(C)C(=O)O.C=COC(=O)C=CC. The highest BCUT2D eigenvalue weighted by molar-refractivity contribution is 5.84. The number of hydrogen-bond donors (Lipinski definition) is 1. The Morgan fingerprint density at radius 3 is 2.07 bits per heavy atom. The summed E-state index contributed by atoms with van der Waals surface area (Å²) in [5.41, 5.74) is 0.176. The molecule has 0 saturated heterocycles. The summed E-state index contributed by atoms with van der Waals surface area (Å²) in [4.78, 5) is 19.9. The summed E-state index contributed by atoms with van der Waals surface area (Å²) in [7, 11) is 0. The predicted molar refractivity (Wildman–Crippen MR) is 53.6 cm³/mol. The first-order chi connectivity index (χ1) is 6.45. The van der Waals surface area contributed by atoms with Crippen LogP contribution in [0.15, 0.2) is 37.1 Å². The maximum absolute atomic E-state index is 10.3. The molecular formula is C10H14O4. The Kier molecular flexibility index (Phi) is 9.69. The van der Waals surface area contributed by atoms with E-state index < -0.39 is 5.97 Å². The molecule has 0 heterocycles. The van der Waals surface area contributed by atoms with E-state index in [2.05, 4.69) is 17.9 Å². The molecule has 0 aromatic heterocycles. The van der Waals surface area contributed by atoms with Gasteiger partial charge in [-0.05, 0) is 13.8 Å². The van der Waals surface area contributed by atoms with Crippen LogP contribution in [0.4, 0.5) is 0 Å². The molecule has 1 N–H and O–H groups in total. The van der Waals surface area contributed by atoms with Crippen molar-refractivity contribution < 1.29 is 19.4 Å². The molecule has 0 fully saturated rings. The Morgan fingerprint density at radius 1 is 1.43 bits per heavy atom. The average molecular weight is 198 g/mol. The molecule has 0 unspecified atom stereocenters. The standard InChI is InChI=1S/C6H8O2.C4H6O2/c1-3-5-6(7)8-4-2;1-3(2)4(5)6/h3-5H,2H2,1H3;1H2,2H3,(H,5,6). The number of carboxylic acids is 1. The van der Waals surface area contributed by atoms with Crippen molar-refractivity contribution in [2.45, 2.75) is 13.8 Å². The number of carbonyl (C=O) groups excluding carboxylic acids is 1. The minimum Gasteiger partial charge on any atom is -0.478 e. The Bertz CT molecular complexity index is 239. The smallest absolute Gasteiger partial charge is 0.335 e. The van der Waals surface area contributed by atoms with Crippen molar-refractivity contribution in [2.75, 3.05) is 0 Å². The molecule has 0 aliphatic rings. The van der Waals surface area contributed by atoms with Gasteiger partial charge in [-0.25, -0.2) is 9.59 Å². The lowest BCUT2D eigenvalue weighted by atomic mass is 10.4. The molecule has 0 aliphatic heterocycles. The lowest BCUT2D eigenvalue weighted by molar-refractivity contribution is -0.133. The van der Waals surface area contributed by atoms with E-state index in [0.717, 1.165) is 6.26 Å². The third-order valence-electron chi connectivity index (χ3n) is 0.867. The van der Waals surface area contributed by atoms with Gasteiger partial charge in [-0.1, -0.05) is 19.2 Å². The van der Waals surface area contributed by atoms with Gasteiger partial charge in [0, 0.05) is 11.6 Å². The summed E-state index contributed by atoms with van der Waals surface area (Å²) < 4.78 is 4.32. The van der Waals surface area contributed by atoms with Crippen LogP contribution in [-0.4, -0.2) is 17.0 Å². The zero-order valence-corrected chi connectivity index (χ0v) is 8.32. The second-order valence-corrected chi connectivity index (χ2v) is 2.19. The van der Waals surface area contributed by atoms with Gasteiger partial charge in [-0.15, -0.1) is 0 Å². The first-order valence-electron chi connectivity index (χ1n) is 3.78. The van der Waals surface area contributed by atoms with Crippen LogP contribution >= 0.6 is 0 Å². The lowest BCUT2D eigenvalue weighted by Gasteiger charge is -1.86. The first-order valence-corrected chi connectivity index (χ1v) is 3.78. The summed E-state index contributed by atoms with van der Waals surface area (Å²) in [6.45, 7) is 9.55. The highest BCUT2D eigenvalue weighted by atomic mass is 16.5. The fraction of sp³-hybridized carbons (Fsp3) is 0.200. The first kappa shape index (κ1) is 14.7. The topological polar surface area (TPSA) is 63.6 Å². The molecule has 0 radical (unpaired) electrons. The maximum Gasteiger partial charge on any atom is 0.335 e. The summed E-state index contributed by atoms with van der Waals surface area (Å²) in [6, 6.07) is 0. The van der Waals surface area contributed by atoms with Gasteiger partial charge in [0.15, 0.2) is 0 Å². The number of rotatable bonds is 3. The zero-order valence-electron chi connectivity index (χ0n) is 8.32. The number of carbonyl (C=O) groups is 2. The van der Waals surface area contributed by atoms with E-state index in [9.17, 15) is 9.59 Å². The number of esters is 1. The van der Waals surface area contributed by atoms with Crippen molar-refractivity contribution in [3.8, 4) is 0 Å². The van der Waals surface area contributed by atoms with E-state index in [-0.39, 0.29) is 11.5 Å². The van der Waals surface area contributed by atoms with Crippen molar-refractivity contribution in [1.82, 2.24) is 0 Å². The van der Waals surface area contributed by atoms with Gasteiger partial charge in [-0.2, -0.15) is 0 Å². The molecule has 0 spiro atoms. The number of hydrogen-bond acceptors (Lipinski definition) is 3. The van der Waals surface area contributed by atoms with Crippen molar-refractivity contribution in [3.63, 3.8) is 0 Å². The second kappa shape index (κ2) is 9.25. The number of aliphatic carboxylic acids is 1. The van der Waals surface area contributed by atoms with E-state index in [1.165, 1.54) is 13.0 Å². The van der Waals surface area contributed by atoms with E-state index in [0.29, 0.717) is 0 Å². The van der Waals surface area contributed by atoms with E-state index in [4.69, 9.17) is 5.11 Å². The molecule has 0 atom stereocenters. The Balaban J connectivity index is 0. The van der Waals surface area contributed by atoms with Gasteiger partial charge in [0.05, 0.1) is 6.26 Å². The van der Waals surface area contributed by atoms with Gasteiger partial charge >= 0.3 is 11.9 Å². The summed E-state index contributed by atoms with van der Waals surface area (Å²) in [5, 5.41) is 7.89. The fourth-order valence-corrected chi connectivity index (χ4v) is 0.257. The number of allylic oxidation sites excluding steroid dienone is 1. The zero-order chi connectivity index (χ0) is 11.6. The molecule has 0 rings (SSSR count). The Labute approximate surface area is 83.2 Å². The van der Waals surface area contributed by atoms with E-state index in [1.807, 2.05) is 0 Å². The highest BCUT2D eigenvalue weighted by Gasteiger charge is 1.90. The van der Waals surface area contributed by atoms with Crippen LogP contribution in [0, 0.1) is 0 Å². The summed E-state index contributed by atoms with van der Waals surface area (Å²) in [5.74, 6) is -1.32. The minimum absolute atomic E-state index is 0.176. The quantitative estimate of drug-likeness (QED) is 0.427. The summed E-state index contributed by atoms with van der Waals surface area (Å²) in [6.07, 6.45) is 4.02. The van der Waals surface area contributed by atoms with Crippen LogP contribution in [-0.2, 0) is 14.3 Å². The van der Waals surface area contributed by atoms with Crippen LogP contribution < -0.4 is 0 Å².